The number of quaternary nitrogens is 1. The van der Waals surface area contributed by atoms with Crippen molar-refractivity contribution in [2.45, 2.75) is 6.92 Å². The van der Waals surface area contributed by atoms with Crippen molar-refractivity contribution < 1.29 is 17.8 Å². The monoisotopic (exact) mass is 150 g/mol. The summed E-state index contributed by atoms with van der Waals surface area (Å²) in [6.07, 6.45) is 0. The Kier molecular flexibility index (Phi) is 2.90. The minimum Gasteiger partial charge on any atom is -1.00 e. The molecule has 0 aromatic carbocycles. The first-order valence-corrected chi connectivity index (χ1v) is 2.56. The molecule has 0 aromatic heterocycles. The second-order valence-electron chi connectivity index (χ2n) is 1.93. The molecule has 4 nitrogen and oxygen atoms in total. The topological polar surface area (TPSA) is 35.5 Å². The molecule has 1 heterocycles. The molecule has 0 saturated heterocycles. The van der Waals surface area contributed by atoms with Crippen LogP contribution in [0.2, 0.25) is 0 Å². The second-order valence-corrected chi connectivity index (χ2v) is 1.93. The van der Waals surface area contributed by atoms with Crippen molar-refractivity contribution in [2.24, 2.45) is 5.10 Å². The number of hydrazine groups is 1. The summed E-state index contributed by atoms with van der Waals surface area (Å²) in [7, 11) is 3.87. The molecular weight excluding hydrogens is 140 g/mol. The maximum atomic E-state index is 4.09. The number of hydrogen-bond donors (Lipinski definition) is 1. The van der Waals surface area contributed by atoms with Crippen LogP contribution in [0.4, 0.5) is 0 Å². The molecule has 1 aliphatic heterocycles. The Morgan fingerprint density at radius 1 is 1.44 bits per heavy atom. The quantitative estimate of drug-likeness (QED) is 0.354. The van der Waals surface area contributed by atoms with Gasteiger partial charge in [0.25, 0.3) is 0 Å². The summed E-state index contributed by atoms with van der Waals surface area (Å²) >= 11 is 0. The summed E-state index contributed by atoms with van der Waals surface area (Å²) in [5.41, 5.74) is 1.97. The Labute approximate surface area is 60.9 Å². The normalized spacial score (nSPS) is 19.4. The molecule has 0 unspecified atom stereocenters. The smallest absolute Gasteiger partial charge is 0.236 e. The third-order valence-electron chi connectivity index (χ3n) is 1.13. The molecule has 0 bridgehead atoms. The van der Waals surface area contributed by atoms with Crippen LogP contribution in [-0.4, -0.2) is 30.2 Å². The van der Waals surface area contributed by atoms with Crippen molar-refractivity contribution >= 4 is 5.84 Å². The predicted octanol–water partition coefficient (Wildman–Crippen LogP) is -4.41. The van der Waals surface area contributed by atoms with Gasteiger partial charge in [-0.2, -0.15) is 5.12 Å². The van der Waals surface area contributed by atoms with Gasteiger partial charge in [0, 0.05) is 14.0 Å². The number of halogens is 1. The van der Waals surface area contributed by atoms with Crippen LogP contribution >= 0.6 is 0 Å². The van der Waals surface area contributed by atoms with E-state index < -0.39 is 0 Å². The van der Waals surface area contributed by atoms with Gasteiger partial charge < -0.3 is 12.4 Å². The SMILES string of the molecule is CC1=NN(C)N(C)[NH2+]1.[Cl-]. The molecule has 9 heavy (non-hydrogen) atoms. The average Bonchev–Trinajstić information content (AvgIpc) is 1.85. The van der Waals surface area contributed by atoms with Crippen molar-refractivity contribution in [3.63, 3.8) is 0 Å². The molecule has 54 valence electrons. The van der Waals surface area contributed by atoms with Gasteiger partial charge in [0.05, 0.1) is 7.05 Å². The van der Waals surface area contributed by atoms with Gasteiger partial charge in [0.1, 0.15) is 0 Å². The highest BCUT2D eigenvalue weighted by atomic mass is 35.5. The number of nitrogens with zero attached hydrogens (tertiary/aromatic N) is 3. The van der Waals surface area contributed by atoms with E-state index >= 15 is 0 Å². The summed E-state index contributed by atoms with van der Waals surface area (Å²) in [6.45, 7) is 1.97. The minimum atomic E-state index is 0. The molecule has 2 N–H and O–H groups in total. The minimum absolute atomic E-state index is 0. The Hall–Kier alpha value is -0.320. The third kappa shape index (κ3) is 1.82. The van der Waals surface area contributed by atoms with E-state index in [1.54, 1.807) is 5.12 Å². The van der Waals surface area contributed by atoms with Crippen molar-refractivity contribution in [1.29, 1.82) is 0 Å². The highest BCUT2D eigenvalue weighted by Gasteiger charge is 2.15. The lowest BCUT2D eigenvalue weighted by Gasteiger charge is -2.10. The lowest BCUT2D eigenvalue weighted by atomic mass is 10.7. The van der Waals surface area contributed by atoms with Crippen LogP contribution < -0.4 is 17.8 Å². The van der Waals surface area contributed by atoms with E-state index in [0.29, 0.717) is 0 Å². The van der Waals surface area contributed by atoms with Crippen molar-refractivity contribution in [2.75, 3.05) is 14.1 Å². The van der Waals surface area contributed by atoms with Gasteiger partial charge in [-0.05, 0) is 5.12 Å². The molecule has 0 fully saturated rings. The van der Waals surface area contributed by atoms with Crippen molar-refractivity contribution in [1.82, 2.24) is 10.2 Å². The Balaban J connectivity index is 0.000000640. The lowest BCUT2D eigenvalue weighted by molar-refractivity contribution is -0.730. The van der Waals surface area contributed by atoms with Crippen LogP contribution in [0.5, 0.6) is 0 Å². The summed E-state index contributed by atoms with van der Waals surface area (Å²) in [4.78, 5) is 0. The van der Waals surface area contributed by atoms with Gasteiger partial charge in [0.15, 0.2) is 0 Å². The molecule has 0 atom stereocenters. The molecule has 0 aromatic rings. The Bertz CT molecular complexity index is 124. The Morgan fingerprint density at radius 2 is 2.00 bits per heavy atom. The van der Waals surface area contributed by atoms with Crippen molar-refractivity contribution in [3.8, 4) is 0 Å². The van der Waals surface area contributed by atoms with E-state index in [1.165, 1.54) is 0 Å². The molecule has 0 amide bonds. The van der Waals surface area contributed by atoms with Gasteiger partial charge >= 0.3 is 0 Å². The third-order valence-corrected chi connectivity index (χ3v) is 1.13. The highest BCUT2D eigenvalue weighted by molar-refractivity contribution is 5.69. The summed E-state index contributed by atoms with van der Waals surface area (Å²) in [5, 5.41) is 7.80. The highest BCUT2D eigenvalue weighted by Crippen LogP contribution is 1.86. The van der Waals surface area contributed by atoms with Crippen LogP contribution in [0.3, 0.4) is 0 Å². The summed E-state index contributed by atoms with van der Waals surface area (Å²) < 4.78 is 0. The number of rotatable bonds is 0. The molecule has 1 rings (SSSR count). The standard InChI is InChI=1S/C4H10N4.ClH/c1-4-5-7(2)8(3)6-4;/h1-3H3,(H,5,6);1H. The van der Waals surface area contributed by atoms with Gasteiger partial charge in [-0.15, -0.1) is 5.10 Å². The average molecular weight is 151 g/mol. The van der Waals surface area contributed by atoms with Gasteiger partial charge in [-0.3, -0.25) is 0 Å². The van der Waals surface area contributed by atoms with Gasteiger partial charge in [-0.1, -0.05) is 0 Å². The van der Waals surface area contributed by atoms with Crippen LogP contribution in [-0.2, 0) is 0 Å². The molecule has 0 spiro atoms. The zero-order valence-electron chi connectivity index (χ0n) is 5.80. The fourth-order valence-corrected chi connectivity index (χ4v) is 0.679. The second kappa shape index (κ2) is 3.00. The van der Waals surface area contributed by atoms with Crippen molar-refractivity contribution in [3.05, 3.63) is 0 Å². The largest absolute Gasteiger partial charge is 1.00 e. The predicted molar refractivity (Wildman–Crippen MR) is 30.6 cm³/mol. The fraction of sp³-hybridized carbons (Fsp3) is 0.750. The molecule has 0 saturated carbocycles. The first kappa shape index (κ1) is 8.68. The van der Waals surface area contributed by atoms with E-state index in [-0.39, 0.29) is 12.4 Å². The summed E-state index contributed by atoms with van der Waals surface area (Å²) in [6, 6.07) is 0. The maximum Gasteiger partial charge on any atom is 0.236 e. The lowest BCUT2D eigenvalue weighted by Crippen LogP contribution is -3.00. The van der Waals surface area contributed by atoms with E-state index in [0.717, 1.165) is 5.84 Å². The van der Waals surface area contributed by atoms with E-state index in [9.17, 15) is 0 Å². The van der Waals surface area contributed by atoms with Gasteiger partial charge in [0.2, 0.25) is 5.84 Å². The van der Waals surface area contributed by atoms with Crippen LogP contribution in [0.25, 0.3) is 0 Å². The maximum absolute atomic E-state index is 4.09. The number of nitrogens with two attached hydrogens (primary N) is 1. The van der Waals surface area contributed by atoms with Gasteiger partial charge in [-0.25, -0.2) is 5.43 Å². The van der Waals surface area contributed by atoms with E-state index in [2.05, 4.69) is 5.10 Å². The zero-order valence-corrected chi connectivity index (χ0v) is 6.55. The molecule has 0 aliphatic carbocycles. The fourth-order valence-electron chi connectivity index (χ4n) is 0.679. The molecule has 0 radical (unpaired) electrons. The van der Waals surface area contributed by atoms with Crippen LogP contribution in [0.1, 0.15) is 6.92 Å². The molecule has 5 heteroatoms. The van der Waals surface area contributed by atoms with Crippen LogP contribution in [0, 0.1) is 0 Å². The number of amidine groups is 1. The van der Waals surface area contributed by atoms with Crippen LogP contribution in [0.15, 0.2) is 5.10 Å². The summed E-state index contributed by atoms with van der Waals surface area (Å²) in [5.74, 6) is 1.05. The van der Waals surface area contributed by atoms with E-state index in [4.69, 9.17) is 0 Å². The first-order chi connectivity index (χ1) is 3.70. The first-order valence-electron chi connectivity index (χ1n) is 2.56. The molecular formula is C4H11ClN4. The molecule has 1 aliphatic rings. The zero-order chi connectivity index (χ0) is 6.15. The number of hydrazone groups is 1. The Morgan fingerprint density at radius 3 is 2.11 bits per heavy atom. The van der Waals surface area contributed by atoms with E-state index in [1.807, 2.05) is 31.6 Å². The number of hydrogen-bond acceptors (Lipinski definition) is 3.